The van der Waals surface area contributed by atoms with Crippen LogP contribution in [0.2, 0.25) is 10.0 Å². The maximum absolute atomic E-state index is 5.97. The Balaban J connectivity index is 2.01. The molecule has 0 heterocycles. The summed E-state index contributed by atoms with van der Waals surface area (Å²) in [5.41, 5.74) is 12.5. The Bertz CT molecular complexity index is 655. The van der Waals surface area contributed by atoms with E-state index in [-0.39, 0.29) is 5.96 Å². The quantitative estimate of drug-likeness (QED) is 0.654. The summed E-state index contributed by atoms with van der Waals surface area (Å²) in [4.78, 5) is 3.96. The van der Waals surface area contributed by atoms with Gasteiger partial charge in [-0.05, 0) is 35.4 Å². The van der Waals surface area contributed by atoms with Crippen molar-refractivity contribution < 1.29 is 4.74 Å². The molecule has 0 amide bonds. The molecule has 0 atom stereocenters. The molecule has 0 saturated carbocycles. The molecule has 110 valence electrons. The molecule has 0 bridgehead atoms. The van der Waals surface area contributed by atoms with E-state index in [0.29, 0.717) is 23.2 Å². The largest absolute Gasteiger partial charge is 0.489 e. The van der Waals surface area contributed by atoms with Crippen LogP contribution in [0.25, 0.3) is 0 Å². The summed E-state index contributed by atoms with van der Waals surface area (Å²) in [7, 11) is 0. The molecule has 21 heavy (non-hydrogen) atoms. The Kier molecular flexibility index (Phi) is 5.31. The molecule has 0 aromatic heterocycles. The molecule has 0 saturated heterocycles. The van der Waals surface area contributed by atoms with Crippen molar-refractivity contribution >= 4 is 29.2 Å². The molecular formula is C15H15Cl2N3O. The van der Waals surface area contributed by atoms with Crippen LogP contribution in [0.4, 0.5) is 0 Å². The Labute approximate surface area is 133 Å². The average Bonchev–Trinajstić information content (AvgIpc) is 2.47. The fraction of sp³-hybridized carbons (Fsp3) is 0.133. The third-order valence-corrected chi connectivity index (χ3v) is 3.47. The van der Waals surface area contributed by atoms with Crippen molar-refractivity contribution in [3.05, 3.63) is 63.6 Å². The zero-order valence-electron chi connectivity index (χ0n) is 11.2. The molecule has 0 aliphatic carbocycles. The third kappa shape index (κ3) is 4.85. The zero-order chi connectivity index (χ0) is 15.2. The number of guanidine groups is 1. The van der Waals surface area contributed by atoms with Crippen LogP contribution >= 0.6 is 23.2 Å². The van der Waals surface area contributed by atoms with Gasteiger partial charge in [0.1, 0.15) is 12.4 Å². The summed E-state index contributed by atoms with van der Waals surface area (Å²) in [5.74, 6) is 0.807. The maximum atomic E-state index is 5.97. The second-order valence-corrected chi connectivity index (χ2v) is 5.24. The summed E-state index contributed by atoms with van der Waals surface area (Å²) < 4.78 is 5.72. The molecule has 4 N–H and O–H groups in total. The Morgan fingerprint density at radius 2 is 1.81 bits per heavy atom. The van der Waals surface area contributed by atoms with Crippen LogP contribution < -0.4 is 16.2 Å². The monoisotopic (exact) mass is 323 g/mol. The lowest BCUT2D eigenvalue weighted by Gasteiger charge is -2.08. The van der Waals surface area contributed by atoms with Crippen LogP contribution in [0.5, 0.6) is 5.75 Å². The Morgan fingerprint density at radius 3 is 2.52 bits per heavy atom. The van der Waals surface area contributed by atoms with Gasteiger partial charge in [-0.3, -0.25) is 0 Å². The predicted molar refractivity (Wildman–Crippen MR) is 86.7 cm³/mol. The second kappa shape index (κ2) is 7.20. The topological polar surface area (TPSA) is 73.6 Å². The number of aliphatic imine (C=N–C) groups is 1. The van der Waals surface area contributed by atoms with Gasteiger partial charge >= 0.3 is 0 Å². The van der Waals surface area contributed by atoms with Gasteiger partial charge in [0.2, 0.25) is 0 Å². The molecule has 0 aliphatic heterocycles. The summed E-state index contributed by atoms with van der Waals surface area (Å²) in [6.07, 6.45) is 0. The van der Waals surface area contributed by atoms with Gasteiger partial charge in [0, 0.05) is 0 Å². The highest BCUT2D eigenvalue weighted by atomic mass is 35.5. The van der Waals surface area contributed by atoms with Gasteiger partial charge in [-0.1, -0.05) is 41.4 Å². The fourth-order valence-corrected chi connectivity index (χ4v) is 2.03. The van der Waals surface area contributed by atoms with Crippen molar-refractivity contribution in [3.8, 4) is 5.75 Å². The number of halogens is 2. The normalized spacial score (nSPS) is 10.2. The number of nitrogens with zero attached hydrogens (tertiary/aromatic N) is 1. The highest BCUT2D eigenvalue weighted by molar-refractivity contribution is 6.42. The first-order valence-electron chi connectivity index (χ1n) is 6.25. The lowest BCUT2D eigenvalue weighted by Crippen LogP contribution is -2.22. The Morgan fingerprint density at radius 1 is 1.00 bits per heavy atom. The first kappa shape index (κ1) is 15.5. The molecular weight excluding hydrogens is 309 g/mol. The van der Waals surface area contributed by atoms with E-state index < -0.39 is 0 Å². The SMILES string of the molecule is NC(N)=NCc1cccc(OCc2ccc(Cl)c(Cl)c2)c1. The van der Waals surface area contributed by atoms with Crippen LogP contribution in [0.15, 0.2) is 47.5 Å². The minimum atomic E-state index is 0.0668. The van der Waals surface area contributed by atoms with E-state index in [1.165, 1.54) is 0 Å². The molecule has 0 spiro atoms. The minimum absolute atomic E-state index is 0.0668. The smallest absolute Gasteiger partial charge is 0.186 e. The van der Waals surface area contributed by atoms with Crippen LogP contribution in [-0.2, 0) is 13.2 Å². The van der Waals surface area contributed by atoms with E-state index in [0.717, 1.165) is 16.9 Å². The minimum Gasteiger partial charge on any atom is -0.489 e. The first-order valence-corrected chi connectivity index (χ1v) is 7.01. The summed E-state index contributed by atoms with van der Waals surface area (Å²) in [6, 6.07) is 13.0. The first-order chi connectivity index (χ1) is 10.0. The lowest BCUT2D eigenvalue weighted by atomic mass is 10.2. The fourth-order valence-electron chi connectivity index (χ4n) is 1.71. The highest BCUT2D eigenvalue weighted by Gasteiger charge is 2.01. The van der Waals surface area contributed by atoms with Gasteiger partial charge in [0.15, 0.2) is 5.96 Å². The maximum Gasteiger partial charge on any atom is 0.186 e. The molecule has 0 fully saturated rings. The van der Waals surface area contributed by atoms with Gasteiger partial charge in [-0.25, -0.2) is 4.99 Å². The van der Waals surface area contributed by atoms with E-state index in [4.69, 9.17) is 39.4 Å². The summed E-state index contributed by atoms with van der Waals surface area (Å²) >= 11 is 11.8. The number of nitrogens with two attached hydrogens (primary N) is 2. The van der Waals surface area contributed by atoms with E-state index in [1.54, 1.807) is 12.1 Å². The van der Waals surface area contributed by atoms with Crippen molar-refractivity contribution in [2.24, 2.45) is 16.5 Å². The molecule has 6 heteroatoms. The van der Waals surface area contributed by atoms with Crippen molar-refractivity contribution in [3.63, 3.8) is 0 Å². The summed E-state index contributed by atoms with van der Waals surface area (Å²) in [6.45, 7) is 0.828. The third-order valence-electron chi connectivity index (χ3n) is 2.73. The number of benzene rings is 2. The molecule has 0 aliphatic rings. The summed E-state index contributed by atoms with van der Waals surface area (Å²) in [5, 5.41) is 1.04. The van der Waals surface area contributed by atoms with Gasteiger partial charge in [-0.15, -0.1) is 0 Å². The van der Waals surface area contributed by atoms with Crippen molar-refractivity contribution in [1.29, 1.82) is 0 Å². The number of ether oxygens (including phenoxy) is 1. The van der Waals surface area contributed by atoms with E-state index in [1.807, 2.05) is 30.3 Å². The van der Waals surface area contributed by atoms with Crippen molar-refractivity contribution in [2.45, 2.75) is 13.2 Å². The molecule has 4 nitrogen and oxygen atoms in total. The molecule has 2 aromatic carbocycles. The molecule has 2 rings (SSSR count). The van der Waals surface area contributed by atoms with Crippen LogP contribution in [0, 0.1) is 0 Å². The number of rotatable bonds is 5. The van der Waals surface area contributed by atoms with Crippen LogP contribution in [0.1, 0.15) is 11.1 Å². The van der Waals surface area contributed by atoms with Gasteiger partial charge in [0.05, 0.1) is 16.6 Å². The van der Waals surface area contributed by atoms with E-state index in [2.05, 4.69) is 4.99 Å². The van der Waals surface area contributed by atoms with Gasteiger partial charge < -0.3 is 16.2 Å². The highest BCUT2D eigenvalue weighted by Crippen LogP contribution is 2.23. The number of hydrogen-bond acceptors (Lipinski definition) is 2. The van der Waals surface area contributed by atoms with Gasteiger partial charge in [0.25, 0.3) is 0 Å². The molecule has 0 unspecified atom stereocenters. The van der Waals surface area contributed by atoms with E-state index >= 15 is 0 Å². The lowest BCUT2D eigenvalue weighted by molar-refractivity contribution is 0.306. The van der Waals surface area contributed by atoms with Crippen molar-refractivity contribution in [1.82, 2.24) is 0 Å². The Hall–Kier alpha value is -1.91. The molecule has 0 radical (unpaired) electrons. The number of hydrogen-bond donors (Lipinski definition) is 2. The second-order valence-electron chi connectivity index (χ2n) is 4.43. The van der Waals surface area contributed by atoms with E-state index in [9.17, 15) is 0 Å². The average molecular weight is 324 g/mol. The van der Waals surface area contributed by atoms with Gasteiger partial charge in [-0.2, -0.15) is 0 Å². The molecule has 2 aromatic rings. The van der Waals surface area contributed by atoms with Crippen LogP contribution in [-0.4, -0.2) is 5.96 Å². The predicted octanol–water partition coefficient (Wildman–Crippen LogP) is 3.35. The standard InChI is InChI=1S/C15H15Cl2N3O/c16-13-5-4-11(7-14(13)17)9-21-12-3-1-2-10(6-12)8-20-15(18)19/h1-7H,8-9H2,(H4,18,19,20). The van der Waals surface area contributed by atoms with Crippen molar-refractivity contribution in [2.75, 3.05) is 0 Å². The van der Waals surface area contributed by atoms with Crippen LogP contribution in [0.3, 0.4) is 0 Å². The zero-order valence-corrected chi connectivity index (χ0v) is 12.7.